The van der Waals surface area contributed by atoms with E-state index in [9.17, 15) is 0 Å². The lowest BCUT2D eigenvalue weighted by molar-refractivity contribution is -0.0890. The van der Waals surface area contributed by atoms with E-state index >= 15 is 0 Å². The third-order valence-corrected chi connectivity index (χ3v) is 5.35. The molecule has 3 heteroatoms. The van der Waals surface area contributed by atoms with Gasteiger partial charge in [0, 0.05) is 31.3 Å². The number of nitrogens with one attached hydrogen (secondary N) is 1. The smallest absolute Gasteiger partial charge is 0.0601 e. The lowest BCUT2D eigenvalue weighted by Gasteiger charge is -2.56. The topological polar surface area (TPSA) is 24.5 Å². The van der Waals surface area contributed by atoms with Crippen molar-refractivity contribution in [3.8, 4) is 0 Å². The van der Waals surface area contributed by atoms with Gasteiger partial charge in [-0.25, -0.2) is 0 Å². The van der Waals surface area contributed by atoms with Crippen molar-refractivity contribution in [3.05, 3.63) is 0 Å². The number of piperidine rings is 2. The molecular weight excluding hydrogens is 224 g/mol. The lowest BCUT2D eigenvalue weighted by atomic mass is 9.76. The number of nitrogens with zero attached hydrogens (tertiary/aromatic N) is 1. The molecule has 0 radical (unpaired) electrons. The summed E-state index contributed by atoms with van der Waals surface area (Å²) in [5.74, 6) is 0. The fourth-order valence-corrected chi connectivity index (χ4v) is 4.44. The zero-order valence-electron chi connectivity index (χ0n) is 11.9. The normalized spacial score (nSPS) is 44.7. The summed E-state index contributed by atoms with van der Waals surface area (Å²) in [7, 11) is 1.86. The van der Waals surface area contributed by atoms with Crippen molar-refractivity contribution in [2.24, 2.45) is 0 Å². The van der Waals surface area contributed by atoms with Gasteiger partial charge in [0.1, 0.15) is 0 Å². The number of ether oxygens (including phenoxy) is 1. The SMILES string of the molecule is CCNC1CC2CCCC(C1)N2C1CC(OC)C1. The van der Waals surface area contributed by atoms with E-state index in [2.05, 4.69) is 17.1 Å². The van der Waals surface area contributed by atoms with Gasteiger partial charge < -0.3 is 10.1 Å². The van der Waals surface area contributed by atoms with Gasteiger partial charge in [0.2, 0.25) is 0 Å². The van der Waals surface area contributed by atoms with E-state index in [0.29, 0.717) is 6.10 Å². The Kier molecular flexibility index (Phi) is 3.92. The summed E-state index contributed by atoms with van der Waals surface area (Å²) >= 11 is 0. The Bertz CT molecular complexity index is 264. The molecule has 2 unspecified atom stereocenters. The first-order valence-corrected chi connectivity index (χ1v) is 7.85. The molecule has 2 bridgehead atoms. The van der Waals surface area contributed by atoms with Crippen LogP contribution in [0.15, 0.2) is 0 Å². The minimum atomic E-state index is 0.544. The van der Waals surface area contributed by atoms with Gasteiger partial charge in [-0.2, -0.15) is 0 Å². The summed E-state index contributed by atoms with van der Waals surface area (Å²) in [6.45, 7) is 3.36. The van der Waals surface area contributed by atoms with Gasteiger partial charge >= 0.3 is 0 Å². The summed E-state index contributed by atoms with van der Waals surface area (Å²) in [6, 6.07) is 3.31. The van der Waals surface area contributed by atoms with Crippen LogP contribution in [-0.2, 0) is 4.74 Å². The largest absolute Gasteiger partial charge is 0.381 e. The third-order valence-electron chi connectivity index (χ3n) is 5.35. The van der Waals surface area contributed by atoms with Crippen molar-refractivity contribution in [2.75, 3.05) is 13.7 Å². The molecule has 18 heavy (non-hydrogen) atoms. The molecular formula is C15H28N2O. The fourth-order valence-electron chi connectivity index (χ4n) is 4.44. The Hall–Kier alpha value is -0.120. The molecule has 1 N–H and O–H groups in total. The van der Waals surface area contributed by atoms with Crippen molar-refractivity contribution in [1.82, 2.24) is 10.2 Å². The molecule has 3 fully saturated rings. The highest BCUT2D eigenvalue weighted by atomic mass is 16.5. The van der Waals surface area contributed by atoms with Crippen LogP contribution < -0.4 is 5.32 Å². The average molecular weight is 252 g/mol. The number of rotatable bonds is 4. The Morgan fingerprint density at radius 3 is 2.28 bits per heavy atom. The molecule has 0 aromatic rings. The van der Waals surface area contributed by atoms with Gasteiger partial charge in [0.15, 0.2) is 0 Å². The van der Waals surface area contributed by atoms with Crippen LogP contribution in [0.3, 0.4) is 0 Å². The van der Waals surface area contributed by atoms with Crippen molar-refractivity contribution in [3.63, 3.8) is 0 Å². The Balaban J connectivity index is 1.62. The maximum atomic E-state index is 5.45. The van der Waals surface area contributed by atoms with Crippen LogP contribution in [0.5, 0.6) is 0 Å². The van der Waals surface area contributed by atoms with Gasteiger partial charge in [0.05, 0.1) is 6.10 Å². The molecule has 3 aliphatic rings. The Labute approximate surface area is 111 Å². The first-order chi connectivity index (χ1) is 8.81. The molecule has 0 amide bonds. The van der Waals surface area contributed by atoms with Crippen molar-refractivity contribution in [1.29, 1.82) is 0 Å². The Morgan fingerprint density at radius 1 is 1.06 bits per heavy atom. The van der Waals surface area contributed by atoms with Crippen LogP contribution in [-0.4, -0.2) is 48.8 Å². The van der Waals surface area contributed by atoms with Crippen LogP contribution in [0.4, 0.5) is 0 Å². The number of hydrogen-bond acceptors (Lipinski definition) is 3. The van der Waals surface area contributed by atoms with Gasteiger partial charge in [0.25, 0.3) is 0 Å². The predicted molar refractivity (Wildman–Crippen MR) is 73.8 cm³/mol. The third kappa shape index (κ3) is 2.33. The maximum Gasteiger partial charge on any atom is 0.0601 e. The van der Waals surface area contributed by atoms with E-state index in [1.165, 1.54) is 44.9 Å². The van der Waals surface area contributed by atoms with Crippen LogP contribution in [0.25, 0.3) is 0 Å². The van der Waals surface area contributed by atoms with Gasteiger partial charge in [-0.05, 0) is 45.1 Å². The number of fused-ring (bicyclic) bond motifs is 2. The van der Waals surface area contributed by atoms with Crippen LogP contribution >= 0.6 is 0 Å². The zero-order chi connectivity index (χ0) is 12.5. The van der Waals surface area contributed by atoms with E-state index in [1.54, 1.807) is 0 Å². The monoisotopic (exact) mass is 252 g/mol. The van der Waals surface area contributed by atoms with Crippen LogP contribution in [0.2, 0.25) is 0 Å². The molecule has 3 nitrogen and oxygen atoms in total. The van der Waals surface area contributed by atoms with Crippen molar-refractivity contribution in [2.45, 2.75) is 82.1 Å². The molecule has 0 aromatic heterocycles. The highest BCUT2D eigenvalue weighted by Gasteiger charge is 2.45. The highest BCUT2D eigenvalue weighted by Crippen LogP contribution is 2.41. The van der Waals surface area contributed by atoms with Crippen molar-refractivity contribution >= 4 is 0 Å². The van der Waals surface area contributed by atoms with Crippen molar-refractivity contribution < 1.29 is 4.74 Å². The molecule has 2 saturated heterocycles. The minimum Gasteiger partial charge on any atom is -0.381 e. The second-order valence-corrected chi connectivity index (χ2v) is 6.39. The van der Waals surface area contributed by atoms with Gasteiger partial charge in [-0.3, -0.25) is 4.90 Å². The summed E-state index contributed by atoms with van der Waals surface area (Å²) in [6.07, 6.45) is 10.1. The first kappa shape index (κ1) is 12.9. The maximum absolute atomic E-state index is 5.45. The predicted octanol–water partition coefficient (Wildman–Crippen LogP) is 2.16. The standard InChI is InChI=1S/C15H28N2O/c1-3-16-11-7-12-5-4-6-13(8-11)17(12)14-9-15(10-14)18-2/h11-16H,3-10H2,1-2H3. The lowest BCUT2D eigenvalue weighted by Crippen LogP contribution is -2.62. The highest BCUT2D eigenvalue weighted by molar-refractivity contribution is 5.01. The summed E-state index contributed by atoms with van der Waals surface area (Å²) in [4.78, 5) is 2.88. The molecule has 104 valence electrons. The summed E-state index contributed by atoms with van der Waals surface area (Å²) < 4.78 is 5.45. The minimum absolute atomic E-state index is 0.544. The molecule has 0 aromatic carbocycles. The Morgan fingerprint density at radius 2 is 1.72 bits per heavy atom. The second-order valence-electron chi connectivity index (χ2n) is 6.39. The number of hydrogen-bond donors (Lipinski definition) is 1. The number of methoxy groups -OCH3 is 1. The van der Waals surface area contributed by atoms with Crippen LogP contribution in [0, 0.1) is 0 Å². The first-order valence-electron chi connectivity index (χ1n) is 7.85. The van der Waals surface area contributed by atoms with Gasteiger partial charge in [-0.1, -0.05) is 13.3 Å². The molecule has 1 aliphatic carbocycles. The average Bonchev–Trinajstić information content (AvgIpc) is 2.28. The molecule has 1 saturated carbocycles. The van der Waals surface area contributed by atoms with E-state index < -0.39 is 0 Å². The van der Waals surface area contributed by atoms with E-state index in [1.807, 2.05) is 7.11 Å². The molecule has 2 atom stereocenters. The molecule has 2 heterocycles. The van der Waals surface area contributed by atoms with E-state index in [0.717, 1.165) is 30.7 Å². The quantitative estimate of drug-likeness (QED) is 0.830. The zero-order valence-corrected chi connectivity index (χ0v) is 11.9. The van der Waals surface area contributed by atoms with Gasteiger partial charge in [-0.15, -0.1) is 0 Å². The summed E-state index contributed by atoms with van der Waals surface area (Å²) in [5.41, 5.74) is 0. The molecule has 2 aliphatic heterocycles. The molecule has 3 rings (SSSR count). The fraction of sp³-hybridized carbons (Fsp3) is 1.00. The summed E-state index contributed by atoms with van der Waals surface area (Å²) in [5, 5.41) is 3.68. The second kappa shape index (κ2) is 5.48. The van der Waals surface area contributed by atoms with E-state index in [4.69, 9.17) is 4.74 Å². The molecule has 0 spiro atoms. The van der Waals surface area contributed by atoms with E-state index in [-0.39, 0.29) is 0 Å². The van der Waals surface area contributed by atoms with Crippen LogP contribution in [0.1, 0.15) is 51.9 Å².